The van der Waals surface area contributed by atoms with Crippen molar-refractivity contribution in [3.05, 3.63) is 12.3 Å². The predicted molar refractivity (Wildman–Crippen MR) is 48.4 cm³/mol. The van der Waals surface area contributed by atoms with Gasteiger partial charge in [0.05, 0.1) is 0 Å². The molecule has 0 unspecified atom stereocenters. The third kappa shape index (κ3) is 3.82. The van der Waals surface area contributed by atoms with Gasteiger partial charge in [-0.2, -0.15) is 13.2 Å². The van der Waals surface area contributed by atoms with Gasteiger partial charge in [-0.05, 0) is 12.3 Å². The van der Waals surface area contributed by atoms with Gasteiger partial charge in [0.25, 0.3) is 0 Å². The molecule has 0 spiro atoms. The molecule has 1 rings (SSSR count). The zero-order valence-corrected chi connectivity index (χ0v) is 8.11. The van der Waals surface area contributed by atoms with E-state index in [9.17, 15) is 13.2 Å². The Morgan fingerprint density at radius 2 is 2.21 bits per heavy atom. The van der Waals surface area contributed by atoms with E-state index in [1.165, 1.54) is 24.0 Å². The van der Waals surface area contributed by atoms with Crippen molar-refractivity contribution in [3.63, 3.8) is 0 Å². The summed E-state index contributed by atoms with van der Waals surface area (Å²) in [6, 6.07) is 1.39. The van der Waals surface area contributed by atoms with E-state index in [0.717, 1.165) is 0 Å². The quantitative estimate of drug-likeness (QED) is 0.629. The van der Waals surface area contributed by atoms with Gasteiger partial charge in [-0.3, -0.25) is 0 Å². The molecule has 3 nitrogen and oxygen atoms in total. The topological polar surface area (TPSA) is 37.8 Å². The van der Waals surface area contributed by atoms with Crippen LogP contribution in [0.4, 0.5) is 19.0 Å². The van der Waals surface area contributed by atoms with Gasteiger partial charge in [0.1, 0.15) is 12.4 Å². The Labute approximate surface area is 83.1 Å². The minimum absolute atomic E-state index is 0.182. The average Bonchev–Trinajstić information content (AvgIpc) is 2.14. The van der Waals surface area contributed by atoms with Crippen molar-refractivity contribution in [2.75, 3.05) is 18.1 Å². The van der Waals surface area contributed by atoms with Gasteiger partial charge in [0.15, 0.2) is 5.16 Å². The first-order chi connectivity index (χ1) is 6.51. The maximum absolute atomic E-state index is 11.8. The minimum Gasteiger partial charge on any atom is -0.361 e. The molecule has 14 heavy (non-hydrogen) atoms. The van der Waals surface area contributed by atoms with E-state index < -0.39 is 12.7 Å². The summed E-state index contributed by atoms with van der Waals surface area (Å²) in [5.41, 5.74) is 0. The van der Waals surface area contributed by atoms with Gasteiger partial charge in [-0.25, -0.2) is 9.97 Å². The highest BCUT2D eigenvalue weighted by Gasteiger charge is 2.26. The Kier molecular flexibility index (Phi) is 3.56. The molecule has 78 valence electrons. The van der Waals surface area contributed by atoms with Crippen molar-refractivity contribution >= 4 is 17.6 Å². The van der Waals surface area contributed by atoms with Gasteiger partial charge < -0.3 is 5.32 Å². The molecule has 0 radical (unpaired) electrons. The molecule has 0 saturated carbocycles. The lowest BCUT2D eigenvalue weighted by Gasteiger charge is -2.08. The number of anilines is 1. The maximum Gasteiger partial charge on any atom is 0.405 e. The highest BCUT2D eigenvalue weighted by atomic mass is 32.2. The van der Waals surface area contributed by atoms with Crippen molar-refractivity contribution < 1.29 is 13.2 Å². The molecule has 0 amide bonds. The van der Waals surface area contributed by atoms with E-state index >= 15 is 0 Å². The van der Waals surface area contributed by atoms with Gasteiger partial charge in [-0.1, -0.05) is 11.8 Å². The molecule has 1 N–H and O–H groups in total. The fraction of sp³-hybridized carbons (Fsp3) is 0.429. The van der Waals surface area contributed by atoms with Gasteiger partial charge in [0.2, 0.25) is 0 Å². The summed E-state index contributed by atoms with van der Waals surface area (Å²) in [6.45, 7) is -1.09. The summed E-state index contributed by atoms with van der Waals surface area (Å²) in [5, 5.41) is 2.61. The average molecular weight is 223 g/mol. The zero-order valence-electron chi connectivity index (χ0n) is 7.30. The molecule has 1 heterocycles. The summed E-state index contributed by atoms with van der Waals surface area (Å²) < 4.78 is 35.4. The van der Waals surface area contributed by atoms with Crippen molar-refractivity contribution in [1.82, 2.24) is 9.97 Å². The SMILES string of the molecule is CSc1nccc(NCC(F)(F)F)n1. The Morgan fingerprint density at radius 3 is 2.79 bits per heavy atom. The monoisotopic (exact) mass is 223 g/mol. The molecule has 0 saturated heterocycles. The molecule has 0 aliphatic heterocycles. The molecule has 1 aromatic heterocycles. The van der Waals surface area contributed by atoms with Crippen LogP contribution in [0.2, 0.25) is 0 Å². The van der Waals surface area contributed by atoms with E-state index in [1.54, 1.807) is 6.26 Å². The Morgan fingerprint density at radius 1 is 1.50 bits per heavy atom. The second kappa shape index (κ2) is 4.50. The van der Waals surface area contributed by atoms with E-state index in [4.69, 9.17) is 0 Å². The lowest BCUT2D eigenvalue weighted by Crippen LogP contribution is -2.21. The van der Waals surface area contributed by atoms with Crippen molar-refractivity contribution in [2.45, 2.75) is 11.3 Å². The molecule has 0 atom stereocenters. The molecule has 1 aromatic rings. The third-order valence-electron chi connectivity index (χ3n) is 1.29. The van der Waals surface area contributed by atoms with E-state index in [1.807, 2.05) is 0 Å². The second-order valence-corrected chi connectivity index (χ2v) is 3.17. The fourth-order valence-corrected chi connectivity index (χ4v) is 1.08. The second-order valence-electron chi connectivity index (χ2n) is 2.40. The lowest BCUT2D eigenvalue weighted by atomic mass is 10.5. The number of halogens is 3. The van der Waals surface area contributed by atoms with Gasteiger partial charge >= 0.3 is 6.18 Å². The number of hydrogen-bond donors (Lipinski definition) is 1. The van der Waals surface area contributed by atoms with Crippen molar-refractivity contribution in [1.29, 1.82) is 0 Å². The van der Waals surface area contributed by atoms with E-state index in [-0.39, 0.29) is 5.82 Å². The van der Waals surface area contributed by atoms with E-state index in [2.05, 4.69) is 15.3 Å². The van der Waals surface area contributed by atoms with Crippen LogP contribution in [-0.4, -0.2) is 28.9 Å². The van der Waals surface area contributed by atoms with Crippen molar-refractivity contribution in [2.24, 2.45) is 0 Å². The van der Waals surface area contributed by atoms with Gasteiger partial charge in [-0.15, -0.1) is 0 Å². The first kappa shape index (κ1) is 11.1. The number of hydrogen-bond acceptors (Lipinski definition) is 4. The smallest absolute Gasteiger partial charge is 0.361 e. The molecule has 0 aliphatic rings. The number of thioether (sulfide) groups is 1. The maximum atomic E-state index is 11.8. The van der Waals surface area contributed by atoms with Gasteiger partial charge in [0, 0.05) is 6.20 Å². The van der Waals surface area contributed by atoms with Crippen LogP contribution in [0.15, 0.2) is 17.4 Å². The van der Waals surface area contributed by atoms with Crippen LogP contribution in [0, 0.1) is 0 Å². The molecule has 0 fully saturated rings. The summed E-state index contributed by atoms with van der Waals surface area (Å²) in [7, 11) is 0. The predicted octanol–water partition coefficient (Wildman–Crippen LogP) is 2.17. The lowest BCUT2D eigenvalue weighted by molar-refractivity contribution is -0.115. The molecule has 0 aliphatic carbocycles. The number of nitrogens with zero attached hydrogens (tertiary/aromatic N) is 2. The van der Waals surface area contributed by atoms with Crippen LogP contribution in [0.3, 0.4) is 0 Å². The zero-order chi connectivity index (χ0) is 10.6. The molecule has 0 bridgehead atoms. The summed E-state index contributed by atoms with van der Waals surface area (Å²) in [5.74, 6) is 0.182. The Hall–Kier alpha value is -0.980. The minimum atomic E-state index is -4.23. The molecular formula is C7H8F3N3S. The van der Waals surface area contributed by atoms with Crippen LogP contribution in [-0.2, 0) is 0 Å². The van der Waals surface area contributed by atoms with E-state index in [0.29, 0.717) is 5.16 Å². The summed E-state index contributed by atoms with van der Waals surface area (Å²) in [4.78, 5) is 7.67. The number of nitrogens with one attached hydrogen (secondary N) is 1. The number of alkyl halides is 3. The third-order valence-corrected chi connectivity index (χ3v) is 1.85. The summed E-state index contributed by atoms with van der Waals surface area (Å²) in [6.07, 6.45) is -1.06. The molecular weight excluding hydrogens is 215 g/mol. The normalized spacial score (nSPS) is 11.4. The number of rotatable bonds is 3. The Balaban J connectivity index is 2.59. The Bertz CT molecular complexity index is 302. The molecule has 7 heteroatoms. The van der Waals surface area contributed by atoms with Crippen LogP contribution in [0.25, 0.3) is 0 Å². The highest BCUT2D eigenvalue weighted by Crippen LogP contribution is 2.16. The first-order valence-electron chi connectivity index (χ1n) is 3.69. The molecule has 0 aromatic carbocycles. The van der Waals surface area contributed by atoms with Crippen molar-refractivity contribution in [3.8, 4) is 0 Å². The van der Waals surface area contributed by atoms with Crippen LogP contribution in [0.1, 0.15) is 0 Å². The largest absolute Gasteiger partial charge is 0.405 e. The number of aromatic nitrogens is 2. The highest BCUT2D eigenvalue weighted by molar-refractivity contribution is 7.98. The van der Waals surface area contributed by atoms with Crippen LogP contribution in [0.5, 0.6) is 0 Å². The fourth-order valence-electron chi connectivity index (χ4n) is 0.728. The summed E-state index contributed by atoms with van der Waals surface area (Å²) >= 11 is 1.27. The van der Waals surface area contributed by atoms with Crippen LogP contribution < -0.4 is 5.32 Å². The van der Waals surface area contributed by atoms with Crippen LogP contribution >= 0.6 is 11.8 Å². The standard InChI is InChI=1S/C7H8F3N3S/c1-14-6-11-3-2-5(13-6)12-4-7(8,9)10/h2-3H,4H2,1H3,(H,11,12,13). The first-order valence-corrected chi connectivity index (χ1v) is 4.91.